The average molecular weight is 217 g/mol. The Morgan fingerprint density at radius 3 is 2.62 bits per heavy atom. The van der Waals surface area contributed by atoms with Crippen LogP contribution in [0.15, 0.2) is 28.7 Å². The van der Waals surface area contributed by atoms with Gasteiger partial charge in [-0.3, -0.25) is 0 Å². The predicted octanol–water partition coefficient (Wildman–Crippen LogP) is 2.66. The summed E-state index contributed by atoms with van der Waals surface area (Å²) in [5.41, 5.74) is 2.15. The van der Waals surface area contributed by atoms with E-state index in [0.717, 1.165) is 11.1 Å². The Morgan fingerprint density at radius 2 is 2.00 bits per heavy atom. The molecule has 0 aliphatic carbocycles. The Morgan fingerprint density at radius 1 is 1.31 bits per heavy atom. The second-order valence-electron chi connectivity index (χ2n) is 3.53. The lowest BCUT2D eigenvalue weighted by Crippen LogP contribution is -1.97. The molecule has 16 heavy (non-hydrogen) atoms. The summed E-state index contributed by atoms with van der Waals surface area (Å²) in [4.78, 5) is 15.1. The van der Waals surface area contributed by atoms with Crippen LogP contribution in [0.4, 0.5) is 0 Å². The minimum Gasteiger partial charge on any atom is -0.475 e. The minimum atomic E-state index is -1.10. The van der Waals surface area contributed by atoms with Gasteiger partial charge in [-0.2, -0.15) is 0 Å². The van der Waals surface area contributed by atoms with Gasteiger partial charge in [0.1, 0.15) is 5.69 Å². The van der Waals surface area contributed by atoms with Crippen LogP contribution >= 0.6 is 0 Å². The highest BCUT2D eigenvalue weighted by Crippen LogP contribution is 2.26. The Hall–Kier alpha value is -2.10. The number of oxazole rings is 1. The van der Waals surface area contributed by atoms with Crippen LogP contribution in [0.3, 0.4) is 0 Å². The number of rotatable bonds is 2. The van der Waals surface area contributed by atoms with Crippen LogP contribution in [0.1, 0.15) is 22.0 Å². The highest BCUT2D eigenvalue weighted by atomic mass is 16.4. The molecule has 2 rings (SSSR count). The normalized spacial score (nSPS) is 10.4. The summed E-state index contributed by atoms with van der Waals surface area (Å²) in [7, 11) is 0. The molecule has 4 nitrogen and oxygen atoms in total. The maximum absolute atomic E-state index is 11.0. The number of aromatic nitrogens is 1. The van der Waals surface area contributed by atoms with Crippen molar-refractivity contribution in [1.29, 1.82) is 0 Å². The third kappa shape index (κ3) is 1.69. The molecule has 0 aliphatic rings. The van der Waals surface area contributed by atoms with Crippen molar-refractivity contribution in [2.75, 3.05) is 0 Å². The molecule has 82 valence electrons. The van der Waals surface area contributed by atoms with Gasteiger partial charge in [0, 0.05) is 12.5 Å². The summed E-state index contributed by atoms with van der Waals surface area (Å²) in [6, 6.07) is 7.48. The number of carbonyl (C=O) groups is 1. The van der Waals surface area contributed by atoms with Crippen LogP contribution in [0.5, 0.6) is 0 Å². The van der Waals surface area contributed by atoms with E-state index in [9.17, 15) is 4.79 Å². The SMILES string of the molecule is Cc1nc(-c2ccccc2C)c(C(=O)O)o1. The average Bonchev–Trinajstić information content (AvgIpc) is 2.61. The van der Waals surface area contributed by atoms with E-state index in [-0.39, 0.29) is 5.76 Å². The van der Waals surface area contributed by atoms with Gasteiger partial charge in [0.05, 0.1) is 0 Å². The number of aryl methyl sites for hydroxylation is 2. The molecule has 0 bridgehead atoms. The number of benzene rings is 1. The van der Waals surface area contributed by atoms with Gasteiger partial charge in [0.2, 0.25) is 5.76 Å². The number of carboxylic acid groups (broad SMARTS) is 1. The van der Waals surface area contributed by atoms with Crippen molar-refractivity contribution in [3.63, 3.8) is 0 Å². The fourth-order valence-electron chi connectivity index (χ4n) is 1.59. The highest BCUT2D eigenvalue weighted by Gasteiger charge is 2.20. The molecular weight excluding hydrogens is 206 g/mol. The fourth-order valence-corrected chi connectivity index (χ4v) is 1.59. The first-order valence-electron chi connectivity index (χ1n) is 4.86. The van der Waals surface area contributed by atoms with Crippen LogP contribution in [0.2, 0.25) is 0 Å². The Labute approximate surface area is 92.6 Å². The van der Waals surface area contributed by atoms with Gasteiger partial charge in [-0.1, -0.05) is 24.3 Å². The van der Waals surface area contributed by atoms with Crippen molar-refractivity contribution in [2.45, 2.75) is 13.8 Å². The molecule has 1 heterocycles. The number of aromatic carboxylic acids is 1. The monoisotopic (exact) mass is 217 g/mol. The quantitative estimate of drug-likeness (QED) is 0.839. The third-order valence-corrected chi connectivity index (χ3v) is 2.33. The maximum Gasteiger partial charge on any atom is 0.374 e. The van der Waals surface area contributed by atoms with Gasteiger partial charge in [-0.05, 0) is 12.5 Å². The minimum absolute atomic E-state index is 0.105. The summed E-state index contributed by atoms with van der Waals surface area (Å²) >= 11 is 0. The van der Waals surface area contributed by atoms with E-state index in [1.54, 1.807) is 6.92 Å². The highest BCUT2D eigenvalue weighted by molar-refractivity contribution is 5.92. The second-order valence-corrected chi connectivity index (χ2v) is 3.53. The number of hydrogen-bond donors (Lipinski definition) is 1. The second kappa shape index (κ2) is 3.81. The third-order valence-electron chi connectivity index (χ3n) is 2.33. The van der Waals surface area contributed by atoms with E-state index in [1.165, 1.54) is 0 Å². The van der Waals surface area contributed by atoms with E-state index < -0.39 is 5.97 Å². The molecule has 1 N–H and O–H groups in total. The molecule has 2 aromatic rings. The van der Waals surface area contributed by atoms with Crippen LogP contribution in [0, 0.1) is 13.8 Å². The number of carboxylic acids is 1. The van der Waals surface area contributed by atoms with Gasteiger partial charge >= 0.3 is 5.97 Å². The zero-order valence-corrected chi connectivity index (χ0v) is 9.02. The molecule has 0 unspecified atom stereocenters. The van der Waals surface area contributed by atoms with Gasteiger partial charge in [-0.15, -0.1) is 0 Å². The molecule has 0 atom stereocenters. The van der Waals surface area contributed by atoms with Crippen molar-refractivity contribution in [3.8, 4) is 11.3 Å². The molecule has 0 radical (unpaired) electrons. The number of nitrogens with zero attached hydrogens (tertiary/aromatic N) is 1. The molecule has 1 aromatic carbocycles. The van der Waals surface area contributed by atoms with E-state index in [4.69, 9.17) is 9.52 Å². The summed E-state index contributed by atoms with van der Waals surface area (Å²) in [6.07, 6.45) is 0. The van der Waals surface area contributed by atoms with Crippen LogP contribution in [0.25, 0.3) is 11.3 Å². The molecule has 0 saturated heterocycles. The topological polar surface area (TPSA) is 63.3 Å². The van der Waals surface area contributed by atoms with Crippen molar-refractivity contribution >= 4 is 5.97 Å². The van der Waals surface area contributed by atoms with Crippen LogP contribution in [-0.2, 0) is 0 Å². The zero-order valence-electron chi connectivity index (χ0n) is 9.02. The molecule has 0 spiro atoms. The maximum atomic E-state index is 11.0. The Balaban J connectivity index is 2.64. The van der Waals surface area contributed by atoms with Gasteiger partial charge in [-0.25, -0.2) is 9.78 Å². The van der Waals surface area contributed by atoms with E-state index in [0.29, 0.717) is 11.6 Å². The Bertz CT molecular complexity index is 543. The molecule has 0 fully saturated rings. The summed E-state index contributed by atoms with van der Waals surface area (Å²) in [5, 5.41) is 9.00. The van der Waals surface area contributed by atoms with Crippen molar-refractivity contribution in [3.05, 3.63) is 41.5 Å². The molecule has 1 aromatic heterocycles. The summed E-state index contributed by atoms with van der Waals surface area (Å²) < 4.78 is 5.07. The van der Waals surface area contributed by atoms with Crippen LogP contribution < -0.4 is 0 Å². The molecule has 0 saturated carbocycles. The lowest BCUT2D eigenvalue weighted by Gasteiger charge is -2.01. The standard InChI is InChI=1S/C12H11NO3/c1-7-5-3-4-6-9(7)10-11(12(14)15)16-8(2)13-10/h3-6H,1-2H3,(H,14,15). The van der Waals surface area contributed by atoms with Crippen LogP contribution in [-0.4, -0.2) is 16.1 Å². The van der Waals surface area contributed by atoms with E-state index in [2.05, 4.69) is 4.98 Å². The summed E-state index contributed by atoms with van der Waals surface area (Å²) in [6.45, 7) is 3.54. The first-order chi connectivity index (χ1) is 7.59. The van der Waals surface area contributed by atoms with E-state index in [1.807, 2.05) is 31.2 Å². The lowest BCUT2D eigenvalue weighted by molar-refractivity contribution is 0.0662. The molecule has 4 heteroatoms. The Kier molecular flexibility index (Phi) is 2.48. The van der Waals surface area contributed by atoms with Crippen molar-refractivity contribution in [1.82, 2.24) is 4.98 Å². The predicted molar refractivity (Wildman–Crippen MR) is 58.4 cm³/mol. The summed E-state index contributed by atoms with van der Waals surface area (Å²) in [5.74, 6) is -0.846. The fraction of sp³-hybridized carbons (Fsp3) is 0.167. The first-order valence-corrected chi connectivity index (χ1v) is 4.86. The molecular formula is C12H11NO3. The smallest absolute Gasteiger partial charge is 0.374 e. The van der Waals surface area contributed by atoms with Gasteiger partial charge in [0.25, 0.3) is 0 Å². The lowest BCUT2D eigenvalue weighted by atomic mass is 10.0. The van der Waals surface area contributed by atoms with E-state index >= 15 is 0 Å². The molecule has 0 amide bonds. The first kappa shape index (κ1) is 10.4. The van der Waals surface area contributed by atoms with Crippen molar-refractivity contribution in [2.24, 2.45) is 0 Å². The number of hydrogen-bond acceptors (Lipinski definition) is 3. The van der Waals surface area contributed by atoms with Crippen molar-refractivity contribution < 1.29 is 14.3 Å². The largest absolute Gasteiger partial charge is 0.475 e. The van der Waals surface area contributed by atoms with Gasteiger partial charge in [0.15, 0.2) is 5.89 Å². The molecule has 0 aliphatic heterocycles. The van der Waals surface area contributed by atoms with Gasteiger partial charge < -0.3 is 9.52 Å². The zero-order chi connectivity index (χ0) is 11.7.